The van der Waals surface area contributed by atoms with Gasteiger partial charge in [-0.05, 0) is 68.7 Å². The summed E-state index contributed by atoms with van der Waals surface area (Å²) < 4.78 is 20.2. The number of thioether (sulfide) groups is 1. The summed E-state index contributed by atoms with van der Waals surface area (Å²) in [5.74, 6) is 0.987. The number of hydrogen-bond acceptors (Lipinski definition) is 6. The number of benzene rings is 1. The van der Waals surface area contributed by atoms with Crippen LogP contribution < -0.4 is 10.5 Å². The molecular formula is C28H40FN3O3S. The van der Waals surface area contributed by atoms with E-state index in [4.69, 9.17) is 10.5 Å². The number of methoxy groups -OCH3 is 1. The monoisotopic (exact) mass is 517 g/mol. The highest BCUT2D eigenvalue weighted by Gasteiger charge is 2.31. The number of nitrogens with zero attached hydrogens (tertiary/aromatic N) is 2. The predicted molar refractivity (Wildman–Crippen MR) is 144 cm³/mol. The maximum Gasteiger partial charge on any atom is 0.303 e. The third-order valence-electron chi connectivity index (χ3n) is 8.01. The zero-order valence-corrected chi connectivity index (χ0v) is 22.1. The molecule has 2 heterocycles. The van der Waals surface area contributed by atoms with E-state index in [9.17, 15) is 14.3 Å². The molecule has 1 saturated heterocycles. The lowest BCUT2D eigenvalue weighted by atomic mass is 9.79. The third-order valence-corrected chi connectivity index (χ3v) is 9.37. The molecule has 6 nitrogen and oxygen atoms in total. The van der Waals surface area contributed by atoms with E-state index in [1.54, 1.807) is 19.2 Å². The Morgan fingerprint density at radius 1 is 1.28 bits per heavy atom. The van der Waals surface area contributed by atoms with Crippen LogP contribution in [0.5, 0.6) is 5.75 Å². The molecule has 1 aromatic heterocycles. The Bertz CT molecular complexity index is 1020. The molecule has 3 N–H and O–H groups in total. The number of likely N-dealkylation sites (tertiary alicyclic amines) is 1. The summed E-state index contributed by atoms with van der Waals surface area (Å²) in [7, 11) is 1.58. The number of carbonyl (C=O) groups is 1. The van der Waals surface area contributed by atoms with Gasteiger partial charge in [-0.1, -0.05) is 19.3 Å². The van der Waals surface area contributed by atoms with Gasteiger partial charge in [0.05, 0.1) is 18.8 Å². The van der Waals surface area contributed by atoms with E-state index < -0.39 is 17.8 Å². The Labute approximate surface area is 218 Å². The van der Waals surface area contributed by atoms with Gasteiger partial charge in [0, 0.05) is 47.5 Å². The number of aliphatic carboxylic acids is 1. The number of carboxylic acids is 1. The van der Waals surface area contributed by atoms with Gasteiger partial charge in [0.1, 0.15) is 11.6 Å². The van der Waals surface area contributed by atoms with Gasteiger partial charge in [-0.3, -0.25) is 9.78 Å². The number of hydrogen-bond donors (Lipinski definition) is 2. The van der Waals surface area contributed by atoms with Gasteiger partial charge >= 0.3 is 5.97 Å². The number of fused-ring (bicyclic) bond motifs is 1. The summed E-state index contributed by atoms with van der Waals surface area (Å²) in [5, 5.41) is 11.0. The minimum atomic E-state index is -0.744. The lowest BCUT2D eigenvalue weighted by Gasteiger charge is -2.38. The van der Waals surface area contributed by atoms with Gasteiger partial charge in [-0.25, -0.2) is 4.39 Å². The summed E-state index contributed by atoms with van der Waals surface area (Å²) in [6.07, 6.45) is 10.6. The molecule has 2 aliphatic rings. The molecule has 2 aromatic rings. The molecule has 1 aromatic carbocycles. The SMILES string of the molecule is COc1ccc2ncc(F)c(C(N)CCC3CCN(CCSC4CCCCC4)CC3CC(=O)O)c2c1. The Morgan fingerprint density at radius 3 is 2.83 bits per heavy atom. The molecule has 1 aliphatic heterocycles. The Morgan fingerprint density at radius 2 is 2.08 bits per heavy atom. The number of halogens is 1. The quantitative estimate of drug-likeness (QED) is 0.399. The number of rotatable bonds is 11. The van der Waals surface area contributed by atoms with Crippen LogP contribution in [0.25, 0.3) is 10.9 Å². The van der Waals surface area contributed by atoms with Gasteiger partial charge in [0.25, 0.3) is 0 Å². The van der Waals surface area contributed by atoms with Crippen LogP contribution in [0.2, 0.25) is 0 Å². The second-order valence-corrected chi connectivity index (χ2v) is 11.8. The van der Waals surface area contributed by atoms with Gasteiger partial charge in [-0.15, -0.1) is 0 Å². The Hall–Kier alpha value is -1.90. The lowest BCUT2D eigenvalue weighted by Crippen LogP contribution is -2.42. The van der Waals surface area contributed by atoms with Crippen LogP contribution >= 0.6 is 11.8 Å². The molecule has 0 radical (unpaired) electrons. The highest BCUT2D eigenvalue weighted by Crippen LogP contribution is 2.35. The van der Waals surface area contributed by atoms with Crippen LogP contribution in [0, 0.1) is 17.7 Å². The number of ether oxygens (including phenoxy) is 1. The highest BCUT2D eigenvalue weighted by molar-refractivity contribution is 7.99. The van der Waals surface area contributed by atoms with Crippen LogP contribution in [-0.4, -0.2) is 58.7 Å². The van der Waals surface area contributed by atoms with Crippen LogP contribution in [0.4, 0.5) is 4.39 Å². The maximum absolute atomic E-state index is 14.9. The van der Waals surface area contributed by atoms with Crippen molar-refractivity contribution in [3.63, 3.8) is 0 Å². The molecule has 3 atom stereocenters. The van der Waals surface area contributed by atoms with Crippen LogP contribution in [0.3, 0.4) is 0 Å². The third kappa shape index (κ3) is 7.11. The molecule has 8 heteroatoms. The van der Waals surface area contributed by atoms with Gasteiger partial charge in [0.2, 0.25) is 0 Å². The molecule has 0 bridgehead atoms. The van der Waals surface area contributed by atoms with E-state index in [1.165, 1.54) is 38.3 Å². The maximum atomic E-state index is 14.9. The van der Waals surface area contributed by atoms with Crippen LogP contribution in [0.15, 0.2) is 24.4 Å². The molecule has 3 unspecified atom stereocenters. The first-order valence-electron chi connectivity index (χ1n) is 13.4. The van der Waals surface area contributed by atoms with Crippen molar-refractivity contribution in [1.29, 1.82) is 0 Å². The smallest absolute Gasteiger partial charge is 0.303 e. The van der Waals surface area contributed by atoms with Crippen molar-refractivity contribution >= 4 is 28.6 Å². The normalized spacial score (nSPS) is 22.5. The van der Waals surface area contributed by atoms with Crippen molar-refractivity contribution in [2.45, 2.75) is 69.1 Å². The number of pyridine rings is 1. The fourth-order valence-corrected chi connectivity index (χ4v) is 7.35. The zero-order valence-electron chi connectivity index (χ0n) is 21.3. The number of carboxylic acid groups (broad SMARTS) is 1. The van der Waals surface area contributed by atoms with E-state index in [2.05, 4.69) is 21.6 Å². The van der Waals surface area contributed by atoms with E-state index in [1.807, 2.05) is 6.07 Å². The first-order valence-corrected chi connectivity index (χ1v) is 14.4. The van der Waals surface area contributed by atoms with E-state index in [0.717, 1.165) is 43.5 Å². The number of piperidine rings is 1. The average molecular weight is 518 g/mol. The summed E-state index contributed by atoms with van der Waals surface area (Å²) in [6, 6.07) is 4.92. The van der Waals surface area contributed by atoms with Crippen molar-refractivity contribution in [2.24, 2.45) is 17.6 Å². The Kier molecular flexibility index (Phi) is 9.85. The molecule has 2 fully saturated rings. The predicted octanol–water partition coefficient (Wildman–Crippen LogP) is 5.64. The van der Waals surface area contributed by atoms with Crippen molar-refractivity contribution in [2.75, 3.05) is 32.5 Å². The molecule has 0 amide bonds. The van der Waals surface area contributed by atoms with Crippen LogP contribution in [0.1, 0.15) is 69.4 Å². The number of nitrogens with two attached hydrogens (primary N) is 1. The van der Waals surface area contributed by atoms with Crippen molar-refractivity contribution < 1.29 is 19.0 Å². The van der Waals surface area contributed by atoms with Gasteiger partial charge in [-0.2, -0.15) is 11.8 Å². The second-order valence-electron chi connectivity index (χ2n) is 10.4. The van der Waals surface area contributed by atoms with Crippen molar-refractivity contribution in [3.05, 3.63) is 35.8 Å². The largest absolute Gasteiger partial charge is 0.497 e. The van der Waals surface area contributed by atoms with Crippen molar-refractivity contribution in [1.82, 2.24) is 9.88 Å². The Balaban J connectivity index is 1.35. The minimum absolute atomic E-state index is 0.0993. The molecule has 0 spiro atoms. The summed E-state index contributed by atoms with van der Waals surface area (Å²) in [5.41, 5.74) is 7.69. The molecule has 1 aliphatic carbocycles. The summed E-state index contributed by atoms with van der Waals surface area (Å²) in [6.45, 7) is 2.84. The van der Waals surface area contributed by atoms with Crippen LogP contribution in [-0.2, 0) is 4.79 Å². The first-order chi connectivity index (χ1) is 17.4. The number of aromatic nitrogens is 1. The van der Waals surface area contributed by atoms with Gasteiger partial charge in [0.15, 0.2) is 0 Å². The van der Waals surface area contributed by atoms with Gasteiger partial charge < -0.3 is 20.5 Å². The highest BCUT2D eigenvalue weighted by atomic mass is 32.2. The topological polar surface area (TPSA) is 88.7 Å². The zero-order chi connectivity index (χ0) is 25.5. The second kappa shape index (κ2) is 13.1. The summed E-state index contributed by atoms with van der Waals surface area (Å²) >= 11 is 2.10. The molecule has 198 valence electrons. The lowest BCUT2D eigenvalue weighted by molar-refractivity contribution is -0.139. The van der Waals surface area contributed by atoms with E-state index in [0.29, 0.717) is 28.6 Å². The minimum Gasteiger partial charge on any atom is -0.497 e. The molecule has 1 saturated carbocycles. The fourth-order valence-electron chi connectivity index (χ4n) is 5.98. The standard InChI is InChI=1S/C28H40FN3O3S/c1-35-21-8-10-26-23(16-21)28(24(29)17-31-26)25(30)9-7-19-11-12-32(18-20(19)15-27(33)34)13-14-36-22-5-3-2-4-6-22/h8,10,16-17,19-20,22,25H,2-7,9,11-15,18,30H2,1H3,(H,33,34). The van der Waals surface area contributed by atoms with Crippen molar-refractivity contribution in [3.8, 4) is 5.75 Å². The molecule has 36 heavy (non-hydrogen) atoms. The molecular weight excluding hydrogens is 477 g/mol. The molecule has 4 rings (SSSR count). The summed E-state index contributed by atoms with van der Waals surface area (Å²) in [4.78, 5) is 18.3. The first kappa shape index (κ1) is 27.1. The average Bonchev–Trinajstić information content (AvgIpc) is 2.88. The fraction of sp³-hybridized carbons (Fsp3) is 0.643. The van der Waals surface area contributed by atoms with E-state index >= 15 is 0 Å². The van der Waals surface area contributed by atoms with E-state index in [-0.39, 0.29) is 18.3 Å².